The number of halogens is 2. The van der Waals surface area contributed by atoms with Crippen LogP contribution in [-0.2, 0) is 11.3 Å². The first kappa shape index (κ1) is 21.1. The number of hydrogen-bond donors (Lipinski definition) is 1. The number of thiocarbonyl (C=S) groups is 1. The van der Waals surface area contributed by atoms with Gasteiger partial charge in [-0.05, 0) is 37.6 Å². The molecule has 2 aromatic carbocycles. The maximum Gasteiger partial charge on any atom is 0.252 e. The molecular weight excluding hydrogens is 435 g/mol. The summed E-state index contributed by atoms with van der Waals surface area (Å²) < 4.78 is -0.0911. The summed E-state index contributed by atoms with van der Waals surface area (Å²) in [5.41, 5.74) is 1.30. The van der Waals surface area contributed by atoms with E-state index in [0.29, 0.717) is 21.5 Å². The van der Waals surface area contributed by atoms with Crippen molar-refractivity contribution < 1.29 is 9.59 Å². The van der Waals surface area contributed by atoms with Crippen molar-refractivity contribution in [3.63, 3.8) is 0 Å². The molecule has 1 unspecified atom stereocenters. The Hall–Kier alpha value is -1.60. The summed E-state index contributed by atoms with van der Waals surface area (Å²) in [5, 5.41) is 3.49. The van der Waals surface area contributed by atoms with Gasteiger partial charge in [0.1, 0.15) is 10.4 Å². The molecule has 0 radical (unpaired) electrons. The minimum Gasteiger partial charge on any atom is -0.339 e. The van der Waals surface area contributed by atoms with Crippen molar-refractivity contribution in [3.8, 4) is 0 Å². The molecule has 28 heavy (non-hydrogen) atoms. The van der Waals surface area contributed by atoms with Crippen LogP contribution >= 0.6 is 47.2 Å². The standard InChI is InChI=1S/C20H18Cl2N2O2S2/c1-20(2)16(23-17(25)13-8-9-14(21)15(22)10-13)18(26)24(19(27)28-20)11-12-6-4-3-5-7-12/h3-10,16H,11H2,1-2H3,(H,23,25). The fourth-order valence-corrected chi connectivity index (χ4v) is 4.97. The average molecular weight is 453 g/mol. The zero-order valence-corrected chi connectivity index (χ0v) is 18.4. The quantitative estimate of drug-likeness (QED) is 0.667. The van der Waals surface area contributed by atoms with E-state index in [1.807, 2.05) is 44.2 Å². The van der Waals surface area contributed by atoms with Gasteiger partial charge in [-0.2, -0.15) is 0 Å². The Bertz CT molecular complexity index is 935. The molecule has 1 N–H and O–H groups in total. The van der Waals surface area contributed by atoms with Crippen LogP contribution in [0.2, 0.25) is 10.0 Å². The monoisotopic (exact) mass is 452 g/mol. The zero-order chi connectivity index (χ0) is 20.5. The van der Waals surface area contributed by atoms with Crippen molar-refractivity contribution in [1.82, 2.24) is 10.2 Å². The van der Waals surface area contributed by atoms with Crippen LogP contribution in [0.15, 0.2) is 48.5 Å². The van der Waals surface area contributed by atoms with Crippen LogP contribution in [-0.4, -0.2) is 31.8 Å². The Morgan fingerprint density at radius 1 is 1.18 bits per heavy atom. The molecule has 0 spiro atoms. The van der Waals surface area contributed by atoms with E-state index in [2.05, 4.69) is 5.32 Å². The molecule has 8 heteroatoms. The van der Waals surface area contributed by atoms with Crippen LogP contribution in [0, 0.1) is 0 Å². The molecule has 1 atom stereocenters. The lowest BCUT2D eigenvalue weighted by molar-refractivity contribution is -0.130. The number of amides is 2. The molecule has 0 aliphatic carbocycles. The summed E-state index contributed by atoms with van der Waals surface area (Å²) in [6, 6.07) is 13.5. The molecule has 0 aromatic heterocycles. The van der Waals surface area contributed by atoms with Crippen LogP contribution in [0.1, 0.15) is 29.8 Å². The Labute approximate surface area is 183 Å². The molecule has 1 heterocycles. The third kappa shape index (κ3) is 4.51. The third-order valence-corrected chi connectivity index (χ3v) is 6.79. The second-order valence-electron chi connectivity index (χ2n) is 6.92. The van der Waals surface area contributed by atoms with E-state index < -0.39 is 16.7 Å². The van der Waals surface area contributed by atoms with Crippen molar-refractivity contribution in [3.05, 3.63) is 69.7 Å². The maximum atomic E-state index is 13.2. The van der Waals surface area contributed by atoms with Gasteiger partial charge in [0.2, 0.25) is 0 Å². The summed E-state index contributed by atoms with van der Waals surface area (Å²) in [7, 11) is 0. The number of carbonyl (C=O) groups excluding carboxylic acids is 2. The van der Waals surface area contributed by atoms with E-state index in [0.717, 1.165) is 5.56 Å². The Kier molecular flexibility index (Phi) is 6.34. The SMILES string of the molecule is CC1(C)SC(=S)N(Cc2ccccc2)C(=O)C1NC(=O)c1ccc(Cl)c(Cl)c1. The maximum absolute atomic E-state index is 13.2. The van der Waals surface area contributed by atoms with Gasteiger partial charge >= 0.3 is 0 Å². The van der Waals surface area contributed by atoms with E-state index in [-0.39, 0.29) is 10.9 Å². The number of carbonyl (C=O) groups is 2. The predicted octanol–water partition coefficient (Wildman–Crippen LogP) is 4.93. The molecule has 1 aliphatic heterocycles. The largest absolute Gasteiger partial charge is 0.339 e. The van der Waals surface area contributed by atoms with Gasteiger partial charge in [0.05, 0.1) is 16.6 Å². The van der Waals surface area contributed by atoms with E-state index >= 15 is 0 Å². The first-order valence-electron chi connectivity index (χ1n) is 8.53. The lowest BCUT2D eigenvalue weighted by Crippen LogP contribution is -2.62. The highest BCUT2D eigenvalue weighted by Crippen LogP contribution is 2.37. The van der Waals surface area contributed by atoms with Crippen molar-refractivity contribution in [1.29, 1.82) is 0 Å². The minimum atomic E-state index is -0.741. The van der Waals surface area contributed by atoms with Gasteiger partial charge in [0.25, 0.3) is 11.8 Å². The Morgan fingerprint density at radius 2 is 1.86 bits per heavy atom. The van der Waals surface area contributed by atoms with E-state index in [1.54, 1.807) is 17.0 Å². The summed E-state index contributed by atoms with van der Waals surface area (Å²) in [6.45, 7) is 4.14. The summed E-state index contributed by atoms with van der Waals surface area (Å²) >= 11 is 18.8. The van der Waals surface area contributed by atoms with Crippen LogP contribution in [0.4, 0.5) is 0 Å². The molecule has 3 rings (SSSR count). The lowest BCUT2D eigenvalue weighted by atomic mass is 10.00. The molecule has 1 aliphatic rings. The molecule has 1 fully saturated rings. The van der Waals surface area contributed by atoms with Crippen molar-refractivity contribution in [2.75, 3.05) is 0 Å². The molecule has 0 bridgehead atoms. The van der Waals surface area contributed by atoms with Crippen molar-refractivity contribution in [2.24, 2.45) is 0 Å². The zero-order valence-electron chi connectivity index (χ0n) is 15.2. The molecule has 146 valence electrons. The third-order valence-electron chi connectivity index (χ3n) is 4.42. The summed E-state index contributed by atoms with van der Waals surface area (Å²) in [4.78, 5) is 27.5. The van der Waals surface area contributed by atoms with Crippen LogP contribution in [0.5, 0.6) is 0 Å². The van der Waals surface area contributed by atoms with Gasteiger partial charge in [-0.15, -0.1) is 0 Å². The number of benzene rings is 2. The van der Waals surface area contributed by atoms with Crippen LogP contribution in [0.3, 0.4) is 0 Å². The first-order chi connectivity index (χ1) is 13.2. The number of thioether (sulfide) groups is 1. The van der Waals surface area contributed by atoms with Crippen LogP contribution in [0.25, 0.3) is 0 Å². The topological polar surface area (TPSA) is 49.4 Å². The van der Waals surface area contributed by atoms with Gasteiger partial charge in [0.15, 0.2) is 0 Å². The molecule has 4 nitrogen and oxygen atoms in total. The van der Waals surface area contributed by atoms with Gasteiger partial charge in [0, 0.05) is 10.3 Å². The van der Waals surface area contributed by atoms with E-state index in [9.17, 15) is 9.59 Å². The van der Waals surface area contributed by atoms with Crippen molar-refractivity contribution >= 4 is 63.3 Å². The summed E-state index contributed by atoms with van der Waals surface area (Å²) in [6.07, 6.45) is 0. The van der Waals surface area contributed by atoms with Gasteiger partial charge in [-0.25, -0.2) is 0 Å². The Balaban J connectivity index is 1.83. The molecule has 2 amide bonds. The lowest BCUT2D eigenvalue weighted by Gasteiger charge is -2.42. The minimum absolute atomic E-state index is 0.231. The van der Waals surface area contributed by atoms with Gasteiger partial charge in [-0.1, -0.05) is 77.5 Å². The highest BCUT2D eigenvalue weighted by molar-refractivity contribution is 8.24. The fourth-order valence-electron chi connectivity index (χ4n) is 2.88. The predicted molar refractivity (Wildman–Crippen MR) is 119 cm³/mol. The second kappa shape index (κ2) is 8.41. The second-order valence-corrected chi connectivity index (χ2v) is 10.0. The number of nitrogens with one attached hydrogen (secondary N) is 1. The van der Waals surface area contributed by atoms with Crippen molar-refractivity contribution in [2.45, 2.75) is 31.2 Å². The summed E-state index contributed by atoms with van der Waals surface area (Å²) in [5.74, 6) is -0.621. The van der Waals surface area contributed by atoms with Crippen LogP contribution < -0.4 is 5.32 Å². The van der Waals surface area contributed by atoms with Gasteiger partial charge < -0.3 is 5.32 Å². The molecular formula is C20H18Cl2N2O2S2. The number of nitrogens with zero attached hydrogens (tertiary/aromatic N) is 1. The van der Waals surface area contributed by atoms with E-state index in [1.165, 1.54) is 17.8 Å². The molecule has 1 saturated heterocycles. The van der Waals surface area contributed by atoms with E-state index in [4.69, 9.17) is 35.4 Å². The Morgan fingerprint density at radius 3 is 2.50 bits per heavy atom. The number of rotatable bonds is 4. The average Bonchev–Trinajstić information content (AvgIpc) is 2.65. The number of hydrogen-bond acceptors (Lipinski definition) is 4. The molecule has 2 aromatic rings. The first-order valence-corrected chi connectivity index (χ1v) is 10.5. The molecule has 0 saturated carbocycles. The normalized spacial score (nSPS) is 18.9. The smallest absolute Gasteiger partial charge is 0.252 e. The highest BCUT2D eigenvalue weighted by atomic mass is 35.5. The fraction of sp³-hybridized carbons (Fsp3) is 0.250. The highest BCUT2D eigenvalue weighted by Gasteiger charge is 2.46. The van der Waals surface area contributed by atoms with Gasteiger partial charge in [-0.3, -0.25) is 14.5 Å².